The fraction of sp³-hybridized carbons (Fsp3) is 0.567. The Bertz CT molecular complexity index is 1450. The van der Waals surface area contributed by atoms with Crippen LogP contribution in [0.4, 0.5) is 4.79 Å². The standard InChI is InChI=1S/C30H39N3O11/c1-28(2,3)26(40)43-12-44-27(41)32-11-13-7-8-17(34)29(4)15(13)9-14-10-16-20(33(5)6)21(35)19(25(31)39)24(38)30(16,42)23(37)18(14)22(29)36/h7-8,14,16-17,20,34,36,38,42H,9-12H2,1-6H3,(H2,31,39)(H,32,41)/t14-,16-,17?,20-,29?,30-/m0/s1. The molecule has 7 N–H and O–H groups in total. The van der Waals surface area contributed by atoms with E-state index in [-0.39, 0.29) is 25.0 Å². The number of esters is 1. The van der Waals surface area contributed by atoms with Gasteiger partial charge in [-0.3, -0.25) is 24.1 Å². The zero-order valence-corrected chi connectivity index (χ0v) is 25.5. The maximum absolute atomic E-state index is 14.0. The monoisotopic (exact) mass is 617 g/mol. The molecule has 14 nitrogen and oxygen atoms in total. The van der Waals surface area contributed by atoms with Crippen LogP contribution in [0.1, 0.15) is 40.5 Å². The van der Waals surface area contributed by atoms with Crippen molar-refractivity contribution in [2.24, 2.45) is 28.4 Å². The summed E-state index contributed by atoms with van der Waals surface area (Å²) in [5.41, 5.74) is 0.165. The van der Waals surface area contributed by atoms with Gasteiger partial charge in [-0.25, -0.2) is 4.79 Å². The number of carbonyl (C=O) groups is 5. The summed E-state index contributed by atoms with van der Waals surface area (Å²) in [6.07, 6.45) is 0.771. The number of amides is 2. The third-order valence-electron chi connectivity index (χ3n) is 9.07. The van der Waals surface area contributed by atoms with Crippen molar-refractivity contribution in [3.8, 4) is 0 Å². The highest BCUT2D eigenvalue weighted by atomic mass is 16.7. The van der Waals surface area contributed by atoms with E-state index < -0.39 is 93.8 Å². The maximum atomic E-state index is 14.0. The highest BCUT2D eigenvalue weighted by Gasteiger charge is 2.65. The maximum Gasteiger partial charge on any atom is 0.410 e. The van der Waals surface area contributed by atoms with Crippen LogP contribution in [0, 0.1) is 22.7 Å². The van der Waals surface area contributed by atoms with Crippen LogP contribution in [0.25, 0.3) is 0 Å². The number of nitrogens with two attached hydrogens (primary N) is 1. The van der Waals surface area contributed by atoms with Gasteiger partial charge in [-0.2, -0.15) is 0 Å². The molecule has 4 aliphatic carbocycles. The molecule has 0 spiro atoms. The number of aliphatic hydroxyl groups excluding tert-OH is 3. The third kappa shape index (κ3) is 5.00. The molecule has 0 heterocycles. The Morgan fingerprint density at radius 1 is 1.14 bits per heavy atom. The molecule has 4 rings (SSSR count). The molecule has 0 saturated heterocycles. The van der Waals surface area contributed by atoms with E-state index in [9.17, 15) is 44.4 Å². The van der Waals surface area contributed by atoms with Gasteiger partial charge >= 0.3 is 12.1 Å². The van der Waals surface area contributed by atoms with E-state index in [1.807, 2.05) is 0 Å². The van der Waals surface area contributed by atoms with Crippen molar-refractivity contribution < 1.29 is 53.9 Å². The van der Waals surface area contributed by atoms with E-state index in [1.54, 1.807) is 26.8 Å². The van der Waals surface area contributed by atoms with Crippen LogP contribution in [0.2, 0.25) is 0 Å². The Kier molecular flexibility index (Phi) is 8.35. The molecule has 0 radical (unpaired) electrons. The molecule has 0 aromatic heterocycles. The predicted molar refractivity (Wildman–Crippen MR) is 152 cm³/mol. The van der Waals surface area contributed by atoms with Crippen LogP contribution in [0.3, 0.4) is 0 Å². The zero-order valence-electron chi connectivity index (χ0n) is 25.5. The van der Waals surface area contributed by atoms with Crippen molar-refractivity contribution in [3.05, 3.63) is 46.0 Å². The van der Waals surface area contributed by atoms with Gasteiger partial charge in [-0.1, -0.05) is 12.2 Å². The van der Waals surface area contributed by atoms with E-state index >= 15 is 0 Å². The molecule has 14 heteroatoms. The second kappa shape index (κ2) is 11.2. The number of fused-ring (bicyclic) bond motifs is 3. The number of ketones is 2. The topological polar surface area (TPSA) is 226 Å². The Balaban J connectivity index is 1.69. The molecular weight excluding hydrogens is 578 g/mol. The first-order valence-electron chi connectivity index (χ1n) is 14.1. The van der Waals surface area contributed by atoms with Crippen LogP contribution >= 0.6 is 0 Å². The Morgan fingerprint density at radius 3 is 2.34 bits per heavy atom. The van der Waals surface area contributed by atoms with Crippen molar-refractivity contribution in [1.82, 2.24) is 10.2 Å². The zero-order chi connectivity index (χ0) is 33.1. The van der Waals surface area contributed by atoms with E-state index in [0.717, 1.165) is 0 Å². The van der Waals surface area contributed by atoms with Crippen LogP contribution in [-0.2, 0) is 28.7 Å². The summed E-state index contributed by atoms with van der Waals surface area (Å²) in [4.78, 5) is 65.1. The first-order valence-corrected chi connectivity index (χ1v) is 14.1. The van der Waals surface area contributed by atoms with Gasteiger partial charge < -0.3 is 41.0 Å². The van der Waals surface area contributed by atoms with Gasteiger partial charge in [0.15, 0.2) is 11.4 Å². The van der Waals surface area contributed by atoms with Crippen molar-refractivity contribution in [1.29, 1.82) is 0 Å². The van der Waals surface area contributed by atoms with Crippen LogP contribution < -0.4 is 11.1 Å². The number of rotatable bonds is 6. The molecule has 2 amide bonds. The van der Waals surface area contributed by atoms with E-state index in [1.165, 1.54) is 32.0 Å². The Hall–Kier alpha value is -4.01. The average molecular weight is 618 g/mol. The summed E-state index contributed by atoms with van der Waals surface area (Å²) < 4.78 is 9.87. The summed E-state index contributed by atoms with van der Waals surface area (Å²) in [7, 11) is 3.04. The lowest BCUT2D eigenvalue weighted by atomic mass is 9.53. The number of ether oxygens (including phenoxy) is 2. The Labute approximate surface area is 253 Å². The van der Waals surface area contributed by atoms with Crippen molar-refractivity contribution in [2.45, 2.75) is 58.3 Å². The lowest BCUT2D eigenvalue weighted by Gasteiger charge is -2.53. The van der Waals surface area contributed by atoms with Crippen molar-refractivity contribution in [3.63, 3.8) is 0 Å². The quantitative estimate of drug-likeness (QED) is 0.136. The van der Waals surface area contributed by atoms with E-state index in [0.29, 0.717) is 11.1 Å². The minimum atomic E-state index is -2.73. The largest absolute Gasteiger partial charge is 0.511 e. The molecule has 0 aromatic rings. The highest BCUT2D eigenvalue weighted by Crippen LogP contribution is 2.58. The minimum Gasteiger partial charge on any atom is -0.511 e. The molecule has 0 aliphatic heterocycles. The van der Waals surface area contributed by atoms with Gasteiger partial charge in [0, 0.05) is 18.0 Å². The first kappa shape index (κ1) is 32.9. The minimum absolute atomic E-state index is 0.0619. The summed E-state index contributed by atoms with van der Waals surface area (Å²) in [5, 5.41) is 47.9. The number of hydrogen-bond acceptors (Lipinski definition) is 12. The summed E-state index contributed by atoms with van der Waals surface area (Å²) in [5.74, 6) is -7.47. The van der Waals surface area contributed by atoms with Gasteiger partial charge in [0.25, 0.3) is 5.91 Å². The van der Waals surface area contributed by atoms with Crippen LogP contribution in [0.15, 0.2) is 46.0 Å². The van der Waals surface area contributed by atoms with Gasteiger partial charge in [-0.15, -0.1) is 0 Å². The summed E-state index contributed by atoms with van der Waals surface area (Å²) in [6, 6.07) is -1.20. The number of hydrogen-bond donors (Lipinski definition) is 6. The lowest BCUT2D eigenvalue weighted by Crippen LogP contribution is -2.66. The van der Waals surface area contributed by atoms with Gasteiger partial charge in [0.1, 0.15) is 17.1 Å². The van der Waals surface area contributed by atoms with Crippen LogP contribution in [0.5, 0.6) is 0 Å². The second-order valence-corrected chi connectivity index (χ2v) is 13.1. The van der Waals surface area contributed by atoms with E-state index in [2.05, 4.69) is 5.32 Å². The molecule has 2 unspecified atom stereocenters. The highest BCUT2D eigenvalue weighted by molar-refractivity contribution is 6.24. The number of alkyl carbamates (subject to hydrolysis) is 1. The molecule has 4 aliphatic rings. The number of nitrogens with zero attached hydrogens (tertiary/aromatic N) is 1. The number of aliphatic hydroxyl groups is 4. The summed E-state index contributed by atoms with van der Waals surface area (Å²) >= 11 is 0. The van der Waals surface area contributed by atoms with Gasteiger partial charge in [-0.05, 0) is 71.7 Å². The molecule has 1 saturated carbocycles. The molecular formula is C30H39N3O11. The second-order valence-electron chi connectivity index (χ2n) is 13.1. The Morgan fingerprint density at radius 2 is 1.77 bits per heavy atom. The number of likely N-dealkylation sites (N-methyl/N-ethyl adjacent to an activating group) is 1. The van der Waals surface area contributed by atoms with Crippen molar-refractivity contribution in [2.75, 3.05) is 27.4 Å². The van der Waals surface area contributed by atoms with Gasteiger partial charge in [0.05, 0.1) is 23.0 Å². The smallest absolute Gasteiger partial charge is 0.410 e. The molecule has 240 valence electrons. The average Bonchev–Trinajstić information content (AvgIpc) is 2.91. The third-order valence-corrected chi connectivity index (χ3v) is 9.07. The molecule has 0 aromatic carbocycles. The van der Waals surface area contributed by atoms with E-state index in [4.69, 9.17) is 15.2 Å². The molecule has 44 heavy (non-hydrogen) atoms. The fourth-order valence-electron chi connectivity index (χ4n) is 6.65. The summed E-state index contributed by atoms with van der Waals surface area (Å²) in [6.45, 7) is 5.73. The van der Waals surface area contributed by atoms with Crippen LogP contribution in [-0.4, -0.2) is 100 Å². The first-order chi connectivity index (χ1) is 20.3. The number of Topliss-reactive ketones (excluding diaryl/α,β-unsaturated/α-hetero) is 2. The molecule has 6 atom stereocenters. The number of carbonyl (C=O) groups excluding carboxylic acids is 5. The predicted octanol–water partition coefficient (Wildman–Crippen LogP) is 0.455. The normalized spacial score (nSPS) is 31.8. The lowest BCUT2D eigenvalue weighted by molar-refractivity contribution is -0.161. The molecule has 1 fully saturated rings. The number of nitrogens with one attached hydrogen (secondary N) is 1. The molecule has 0 bridgehead atoms. The SMILES string of the molecule is CN(C)[C@@H]1C(=O)C(C(N)=O)=C(O)[C@@]2(O)C(=O)C3=C(O)C4(C)C(=C(CNC(=O)OCOC(=O)C(C)(C)C)C=CC4O)C[C@H]3C[C@@H]12. The van der Waals surface area contributed by atoms with Gasteiger partial charge in [0.2, 0.25) is 12.6 Å². The van der Waals surface area contributed by atoms with Crippen molar-refractivity contribution >= 4 is 29.5 Å². The number of primary amides is 1. The fourth-order valence-corrected chi connectivity index (χ4v) is 6.65.